The number of rotatable bonds is 16. The maximum absolute atomic E-state index is 12.4. The molecule has 6 nitrogen and oxygen atoms in total. The average Bonchev–Trinajstić information content (AvgIpc) is 2.94. The molecule has 206 valence electrons. The minimum absolute atomic E-state index is 0.174. The molecule has 0 fully saturated rings. The van der Waals surface area contributed by atoms with Gasteiger partial charge in [0.05, 0.1) is 13.2 Å². The molecule has 0 saturated carbocycles. The zero-order chi connectivity index (χ0) is 27.3. The van der Waals surface area contributed by atoms with Gasteiger partial charge in [-0.25, -0.2) is 9.59 Å². The number of esters is 2. The van der Waals surface area contributed by atoms with E-state index in [4.69, 9.17) is 18.9 Å². The molecule has 0 radical (unpaired) electrons. The van der Waals surface area contributed by atoms with E-state index in [9.17, 15) is 9.59 Å². The van der Waals surface area contributed by atoms with Gasteiger partial charge in [0, 0.05) is 21.5 Å². The quantitative estimate of drug-likeness (QED) is 0.111. The molecular weight excluding hydrogens is 480 g/mol. The highest BCUT2D eigenvalue weighted by molar-refractivity contribution is 6.11. The van der Waals surface area contributed by atoms with Crippen LogP contribution in [-0.2, 0) is 31.9 Å². The third-order valence-corrected chi connectivity index (χ3v) is 6.65. The molecule has 0 aliphatic rings. The van der Waals surface area contributed by atoms with Crippen molar-refractivity contribution >= 4 is 33.5 Å². The minimum atomic E-state index is -0.384. The van der Waals surface area contributed by atoms with Gasteiger partial charge >= 0.3 is 11.9 Å². The number of hydrogen-bond donors (Lipinski definition) is 0. The van der Waals surface area contributed by atoms with E-state index in [1.807, 2.05) is 12.1 Å². The second kappa shape index (κ2) is 15.2. The molecule has 0 aliphatic heterocycles. The summed E-state index contributed by atoms with van der Waals surface area (Å²) < 4.78 is 23.1. The molecule has 0 aliphatic carbocycles. The van der Waals surface area contributed by atoms with E-state index in [0.717, 1.165) is 84.0 Å². The van der Waals surface area contributed by atoms with Crippen molar-refractivity contribution in [3.8, 4) is 11.5 Å². The Labute approximate surface area is 226 Å². The lowest BCUT2D eigenvalue weighted by Crippen LogP contribution is -2.17. The molecule has 0 atom stereocenters. The van der Waals surface area contributed by atoms with Crippen molar-refractivity contribution in [1.29, 1.82) is 0 Å². The van der Waals surface area contributed by atoms with Crippen LogP contribution < -0.4 is 9.47 Å². The number of aryl methyl sites for hydroxylation is 2. The fourth-order valence-corrected chi connectivity index (χ4v) is 4.42. The third-order valence-electron chi connectivity index (χ3n) is 6.65. The maximum Gasteiger partial charge on any atom is 0.344 e. The zero-order valence-electron chi connectivity index (χ0n) is 23.4. The van der Waals surface area contributed by atoms with Gasteiger partial charge < -0.3 is 18.9 Å². The Kier molecular flexibility index (Phi) is 11.7. The van der Waals surface area contributed by atoms with Gasteiger partial charge in [0.1, 0.15) is 11.5 Å². The molecule has 38 heavy (non-hydrogen) atoms. The molecule has 3 aromatic carbocycles. The van der Waals surface area contributed by atoms with Gasteiger partial charge in [-0.2, -0.15) is 0 Å². The van der Waals surface area contributed by atoms with Crippen molar-refractivity contribution in [2.75, 3.05) is 26.4 Å². The van der Waals surface area contributed by atoms with Crippen LogP contribution in [-0.4, -0.2) is 38.4 Å². The van der Waals surface area contributed by atoms with Crippen LogP contribution in [0.25, 0.3) is 21.5 Å². The molecule has 0 unspecified atom stereocenters. The fraction of sp³-hybridized carbons (Fsp3) is 0.500. The van der Waals surface area contributed by atoms with Crippen molar-refractivity contribution in [2.24, 2.45) is 0 Å². The minimum Gasteiger partial charge on any atom is -0.481 e. The summed E-state index contributed by atoms with van der Waals surface area (Å²) in [6, 6.07) is 12.3. The summed E-state index contributed by atoms with van der Waals surface area (Å²) in [5.41, 5.74) is 2.27. The number of unbranched alkanes of at least 4 members (excludes halogenated alkanes) is 4. The summed E-state index contributed by atoms with van der Waals surface area (Å²) in [5.74, 6) is 0.469. The normalized spacial score (nSPS) is 11.1. The van der Waals surface area contributed by atoms with Crippen LogP contribution in [0.3, 0.4) is 0 Å². The zero-order valence-corrected chi connectivity index (χ0v) is 23.4. The molecule has 0 heterocycles. The largest absolute Gasteiger partial charge is 0.481 e. The number of carbonyl (C=O) groups is 2. The molecule has 0 aromatic heterocycles. The van der Waals surface area contributed by atoms with Gasteiger partial charge in [-0.05, 0) is 48.9 Å². The molecule has 0 N–H and O–H groups in total. The number of benzene rings is 3. The highest BCUT2D eigenvalue weighted by atomic mass is 16.6. The van der Waals surface area contributed by atoms with Gasteiger partial charge in [0.25, 0.3) is 0 Å². The summed E-state index contributed by atoms with van der Waals surface area (Å²) in [6.07, 6.45) is 7.58. The van der Waals surface area contributed by atoms with Gasteiger partial charge in [-0.3, -0.25) is 0 Å². The van der Waals surface area contributed by atoms with Crippen LogP contribution >= 0.6 is 0 Å². The molecule has 3 rings (SSSR count). The first-order valence-corrected chi connectivity index (χ1v) is 14.1. The van der Waals surface area contributed by atoms with Crippen molar-refractivity contribution in [3.05, 3.63) is 47.5 Å². The van der Waals surface area contributed by atoms with Crippen LogP contribution in [0.15, 0.2) is 36.4 Å². The summed E-state index contributed by atoms with van der Waals surface area (Å²) in [5, 5.41) is 3.33. The lowest BCUT2D eigenvalue weighted by atomic mass is 9.96. The Morgan fingerprint density at radius 2 is 1.00 bits per heavy atom. The number of ether oxygens (including phenoxy) is 4. The molecular formula is C32H42O6. The molecule has 0 spiro atoms. The lowest BCUT2D eigenvalue weighted by Gasteiger charge is -2.19. The van der Waals surface area contributed by atoms with Gasteiger partial charge in [0.2, 0.25) is 0 Å². The van der Waals surface area contributed by atoms with Crippen LogP contribution in [0.2, 0.25) is 0 Å². The van der Waals surface area contributed by atoms with Crippen molar-refractivity contribution in [3.63, 3.8) is 0 Å². The first-order chi connectivity index (χ1) is 18.5. The Balaban J connectivity index is 1.97. The van der Waals surface area contributed by atoms with Crippen LogP contribution in [0.5, 0.6) is 11.5 Å². The van der Waals surface area contributed by atoms with Crippen molar-refractivity contribution < 1.29 is 28.5 Å². The molecule has 6 heteroatoms. The predicted octanol–water partition coefficient (Wildman–Crippen LogP) is 7.34. The van der Waals surface area contributed by atoms with E-state index in [1.165, 1.54) is 0 Å². The smallest absolute Gasteiger partial charge is 0.344 e. The van der Waals surface area contributed by atoms with E-state index in [-0.39, 0.29) is 25.2 Å². The maximum atomic E-state index is 12.4. The summed E-state index contributed by atoms with van der Waals surface area (Å²) in [6.45, 7) is 8.86. The van der Waals surface area contributed by atoms with E-state index in [2.05, 4.69) is 52.0 Å². The Hall–Kier alpha value is -3.28. The first kappa shape index (κ1) is 29.3. The van der Waals surface area contributed by atoms with Gasteiger partial charge in [-0.15, -0.1) is 0 Å². The van der Waals surface area contributed by atoms with Crippen LogP contribution in [0.4, 0.5) is 0 Å². The Morgan fingerprint density at radius 1 is 0.579 bits per heavy atom. The van der Waals surface area contributed by atoms with Crippen LogP contribution in [0.1, 0.15) is 77.3 Å². The SMILES string of the molecule is CCCCCOC(=O)COc1c2ccc(CC)cc2c(OCC(=O)OCCCCC)c2ccc(CC)cc12. The van der Waals surface area contributed by atoms with Gasteiger partial charge in [0.15, 0.2) is 13.2 Å². The van der Waals surface area contributed by atoms with Gasteiger partial charge in [-0.1, -0.05) is 77.6 Å². The van der Waals surface area contributed by atoms with Crippen molar-refractivity contribution in [2.45, 2.75) is 79.1 Å². The summed E-state index contributed by atoms with van der Waals surface area (Å²) in [7, 11) is 0. The van der Waals surface area contributed by atoms with Crippen molar-refractivity contribution in [1.82, 2.24) is 0 Å². The first-order valence-electron chi connectivity index (χ1n) is 14.1. The summed E-state index contributed by atoms with van der Waals surface area (Å²) in [4.78, 5) is 24.8. The highest BCUT2D eigenvalue weighted by Gasteiger charge is 2.19. The summed E-state index contributed by atoms with van der Waals surface area (Å²) >= 11 is 0. The van der Waals surface area contributed by atoms with E-state index in [0.29, 0.717) is 24.7 Å². The number of fused-ring (bicyclic) bond motifs is 2. The van der Waals surface area contributed by atoms with E-state index in [1.54, 1.807) is 0 Å². The second-order valence-corrected chi connectivity index (χ2v) is 9.56. The molecule has 0 saturated heterocycles. The average molecular weight is 523 g/mol. The fourth-order valence-electron chi connectivity index (χ4n) is 4.42. The second-order valence-electron chi connectivity index (χ2n) is 9.56. The third kappa shape index (κ3) is 7.86. The highest BCUT2D eigenvalue weighted by Crippen LogP contribution is 2.43. The Bertz CT molecular complexity index is 1120. The van der Waals surface area contributed by atoms with Crippen LogP contribution in [0, 0.1) is 0 Å². The molecule has 0 bridgehead atoms. The monoisotopic (exact) mass is 522 g/mol. The number of hydrogen-bond acceptors (Lipinski definition) is 6. The lowest BCUT2D eigenvalue weighted by molar-refractivity contribution is -0.147. The number of carbonyl (C=O) groups excluding carboxylic acids is 2. The van der Waals surface area contributed by atoms with E-state index >= 15 is 0 Å². The Morgan fingerprint density at radius 3 is 1.37 bits per heavy atom. The van der Waals surface area contributed by atoms with E-state index < -0.39 is 0 Å². The molecule has 0 amide bonds. The standard InChI is InChI=1S/C32H42O6/c1-5-9-11-17-35-29(33)21-37-31-25-15-13-24(8-4)20-28(25)32(26-16-14-23(7-3)19-27(26)31)38-22-30(34)36-18-12-10-6-2/h13-16,19-20H,5-12,17-18,21-22H2,1-4H3. The predicted molar refractivity (Wildman–Crippen MR) is 152 cm³/mol. The topological polar surface area (TPSA) is 71.1 Å². The molecule has 3 aromatic rings.